The average Bonchev–Trinajstić information content (AvgIpc) is 2.66. The van der Waals surface area contributed by atoms with Crippen LogP contribution in [-0.4, -0.2) is 41.8 Å². The Labute approximate surface area is 163 Å². The van der Waals surface area contributed by atoms with Crippen LogP contribution in [0.15, 0.2) is 48.5 Å². The molecule has 8 nitrogen and oxygen atoms in total. The molecule has 2 aromatic carbocycles. The van der Waals surface area contributed by atoms with Crippen LogP contribution in [-0.2, 0) is 17.9 Å². The first-order valence-electron chi connectivity index (χ1n) is 8.82. The number of nitro benzene ring substituents is 1. The third-order valence-corrected chi connectivity index (χ3v) is 4.12. The van der Waals surface area contributed by atoms with Crippen molar-refractivity contribution in [2.24, 2.45) is 0 Å². The van der Waals surface area contributed by atoms with E-state index in [-0.39, 0.29) is 17.2 Å². The van der Waals surface area contributed by atoms with Crippen molar-refractivity contribution in [1.29, 1.82) is 0 Å². The predicted octanol–water partition coefficient (Wildman–Crippen LogP) is 2.09. The molecule has 0 aliphatic heterocycles. The quantitative estimate of drug-likeness (QED) is 0.536. The lowest BCUT2D eigenvalue weighted by atomic mass is 10.1. The van der Waals surface area contributed by atoms with Gasteiger partial charge in [0.1, 0.15) is 6.04 Å². The van der Waals surface area contributed by atoms with E-state index >= 15 is 0 Å². The fourth-order valence-electron chi connectivity index (χ4n) is 2.67. The summed E-state index contributed by atoms with van der Waals surface area (Å²) in [5, 5.41) is 16.2. The molecular weight excluding hydrogens is 360 g/mol. The van der Waals surface area contributed by atoms with E-state index in [4.69, 9.17) is 0 Å². The Bertz CT molecular complexity index is 867. The van der Waals surface area contributed by atoms with Crippen LogP contribution in [0.5, 0.6) is 0 Å². The van der Waals surface area contributed by atoms with Gasteiger partial charge in [0.15, 0.2) is 0 Å². The van der Waals surface area contributed by atoms with Gasteiger partial charge in [-0.2, -0.15) is 0 Å². The standard InChI is InChI=1S/C20H24N4O4/c1-14(22-20(26)15-9-6-10-18(11-15)24(27)28)19(25)21-12-16-7-4-5-8-17(16)13-23(2)3/h4-11,14H,12-13H2,1-3H3,(H,21,25)(H,22,26)/t14-/m0/s1. The van der Waals surface area contributed by atoms with Crippen LogP contribution >= 0.6 is 0 Å². The molecule has 2 rings (SSSR count). The lowest BCUT2D eigenvalue weighted by Crippen LogP contribution is -2.44. The Morgan fingerprint density at radius 1 is 1.11 bits per heavy atom. The van der Waals surface area contributed by atoms with E-state index < -0.39 is 16.9 Å². The Kier molecular flexibility index (Phi) is 7.22. The van der Waals surface area contributed by atoms with E-state index in [1.54, 1.807) is 6.92 Å². The maximum absolute atomic E-state index is 12.3. The van der Waals surface area contributed by atoms with Crippen molar-refractivity contribution in [3.63, 3.8) is 0 Å². The normalized spacial score (nSPS) is 11.7. The van der Waals surface area contributed by atoms with Crippen molar-refractivity contribution < 1.29 is 14.5 Å². The third kappa shape index (κ3) is 5.88. The van der Waals surface area contributed by atoms with Crippen LogP contribution in [0.2, 0.25) is 0 Å². The van der Waals surface area contributed by atoms with Gasteiger partial charge in [-0.15, -0.1) is 0 Å². The van der Waals surface area contributed by atoms with E-state index in [2.05, 4.69) is 10.6 Å². The lowest BCUT2D eigenvalue weighted by Gasteiger charge is -2.17. The van der Waals surface area contributed by atoms with Gasteiger partial charge < -0.3 is 15.5 Å². The molecule has 0 unspecified atom stereocenters. The molecule has 8 heteroatoms. The maximum Gasteiger partial charge on any atom is 0.270 e. The fraction of sp³-hybridized carbons (Fsp3) is 0.300. The zero-order chi connectivity index (χ0) is 20.7. The smallest absolute Gasteiger partial charge is 0.270 e. The number of non-ortho nitro benzene ring substituents is 1. The zero-order valence-electron chi connectivity index (χ0n) is 16.1. The van der Waals surface area contributed by atoms with Crippen LogP contribution in [0.25, 0.3) is 0 Å². The molecule has 0 aliphatic carbocycles. The molecule has 0 heterocycles. The Morgan fingerprint density at radius 3 is 2.43 bits per heavy atom. The number of hydrogen-bond donors (Lipinski definition) is 2. The predicted molar refractivity (Wildman–Crippen MR) is 106 cm³/mol. The molecule has 0 spiro atoms. The van der Waals surface area contributed by atoms with Crippen LogP contribution < -0.4 is 10.6 Å². The number of carbonyl (C=O) groups is 2. The van der Waals surface area contributed by atoms with Gasteiger partial charge in [0, 0.05) is 30.8 Å². The van der Waals surface area contributed by atoms with Crippen molar-refractivity contribution in [3.8, 4) is 0 Å². The number of carbonyl (C=O) groups excluding carboxylic acids is 2. The summed E-state index contributed by atoms with van der Waals surface area (Å²) in [6.07, 6.45) is 0. The Balaban J connectivity index is 1.95. The summed E-state index contributed by atoms with van der Waals surface area (Å²) < 4.78 is 0. The molecule has 0 bridgehead atoms. The topological polar surface area (TPSA) is 105 Å². The number of benzene rings is 2. The lowest BCUT2D eigenvalue weighted by molar-refractivity contribution is -0.384. The van der Waals surface area contributed by atoms with Gasteiger partial charge in [0.25, 0.3) is 11.6 Å². The summed E-state index contributed by atoms with van der Waals surface area (Å²) in [7, 11) is 3.95. The Morgan fingerprint density at radius 2 is 1.79 bits per heavy atom. The molecule has 1 atom stereocenters. The summed E-state index contributed by atoms with van der Waals surface area (Å²) in [6, 6.07) is 12.4. The van der Waals surface area contributed by atoms with Crippen molar-refractivity contribution >= 4 is 17.5 Å². The molecule has 0 aromatic heterocycles. The number of rotatable bonds is 8. The molecule has 0 radical (unpaired) electrons. The number of hydrogen-bond acceptors (Lipinski definition) is 5. The van der Waals surface area contributed by atoms with E-state index in [1.165, 1.54) is 24.3 Å². The van der Waals surface area contributed by atoms with Crippen LogP contribution in [0.3, 0.4) is 0 Å². The summed E-state index contributed by atoms with van der Waals surface area (Å²) >= 11 is 0. The summed E-state index contributed by atoms with van der Waals surface area (Å²) in [5.41, 5.74) is 2.07. The second kappa shape index (κ2) is 9.61. The summed E-state index contributed by atoms with van der Waals surface area (Å²) in [5.74, 6) is -0.877. The van der Waals surface area contributed by atoms with Gasteiger partial charge in [0.2, 0.25) is 5.91 Å². The maximum atomic E-state index is 12.3. The van der Waals surface area contributed by atoms with Gasteiger partial charge in [-0.05, 0) is 38.2 Å². The van der Waals surface area contributed by atoms with E-state index in [0.717, 1.165) is 17.7 Å². The fourth-order valence-corrected chi connectivity index (χ4v) is 2.67. The first kappa shape index (κ1) is 21.0. The molecule has 0 saturated carbocycles. The highest BCUT2D eigenvalue weighted by molar-refractivity contribution is 5.97. The minimum absolute atomic E-state index is 0.130. The van der Waals surface area contributed by atoms with Crippen molar-refractivity contribution in [2.45, 2.75) is 26.1 Å². The first-order chi connectivity index (χ1) is 13.3. The SMILES string of the molecule is C[C@H](NC(=O)c1cccc([N+](=O)[O-])c1)C(=O)NCc1ccccc1CN(C)C. The van der Waals surface area contributed by atoms with E-state index in [0.29, 0.717) is 6.54 Å². The molecule has 2 aromatic rings. The zero-order valence-corrected chi connectivity index (χ0v) is 16.1. The average molecular weight is 384 g/mol. The minimum Gasteiger partial charge on any atom is -0.350 e. The number of nitro groups is 1. The third-order valence-electron chi connectivity index (χ3n) is 4.12. The molecule has 28 heavy (non-hydrogen) atoms. The number of nitrogens with zero attached hydrogens (tertiary/aromatic N) is 2. The van der Waals surface area contributed by atoms with E-state index in [1.807, 2.05) is 43.3 Å². The second-order valence-corrected chi connectivity index (χ2v) is 6.73. The minimum atomic E-state index is -0.784. The number of nitrogens with one attached hydrogen (secondary N) is 2. The monoisotopic (exact) mass is 384 g/mol. The van der Waals surface area contributed by atoms with Gasteiger partial charge in [-0.3, -0.25) is 19.7 Å². The van der Waals surface area contributed by atoms with Gasteiger partial charge in [0.05, 0.1) is 4.92 Å². The molecular formula is C20H24N4O4. The summed E-state index contributed by atoms with van der Waals surface area (Å²) in [4.78, 5) is 36.9. The number of amides is 2. The largest absolute Gasteiger partial charge is 0.350 e. The van der Waals surface area contributed by atoms with Crippen LogP contribution in [0, 0.1) is 10.1 Å². The van der Waals surface area contributed by atoms with Gasteiger partial charge in [-0.1, -0.05) is 30.3 Å². The van der Waals surface area contributed by atoms with E-state index in [9.17, 15) is 19.7 Å². The van der Waals surface area contributed by atoms with Crippen LogP contribution in [0.1, 0.15) is 28.4 Å². The van der Waals surface area contributed by atoms with Gasteiger partial charge >= 0.3 is 0 Å². The highest BCUT2D eigenvalue weighted by Gasteiger charge is 2.18. The van der Waals surface area contributed by atoms with Crippen molar-refractivity contribution in [3.05, 3.63) is 75.3 Å². The Hall–Kier alpha value is -3.26. The van der Waals surface area contributed by atoms with Crippen molar-refractivity contribution in [1.82, 2.24) is 15.5 Å². The highest BCUT2D eigenvalue weighted by atomic mass is 16.6. The molecule has 0 aliphatic rings. The van der Waals surface area contributed by atoms with Crippen LogP contribution in [0.4, 0.5) is 5.69 Å². The summed E-state index contributed by atoms with van der Waals surface area (Å²) in [6.45, 7) is 2.67. The molecule has 2 N–H and O–H groups in total. The second-order valence-electron chi connectivity index (χ2n) is 6.73. The molecule has 0 saturated heterocycles. The van der Waals surface area contributed by atoms with Gasteiger partial charge in [-0.25, -0.2) is 0 Å². The molecule has 2 amide bonds. The highest BCUT2D eigenvalue weighted by Crippen LogP contribution is 2.13. The first-order valence-corrected chi connectivity index (χ1v) is 8.82. The molecule has 148 valence electrons. The van der Waals surface area contributed by atoms with Crippen molar-refractivity contribution in [2.75, 3.05) is 14.1 Å². The molecule has 0 fully saturated rings.